The molecule has 4 rings (SSSR count). The average molecular weight is 341 g/mol. The number of hydrogen-bond donors (Lipinski definition) is 3. The number of piperidine rings is 1. The summed E-state index contributed by atoms with van der Waals surface area (Å²) in [6.45, 7) is 2.73. The van der Waals surface area contributed by atoms with Gasteiger partial charge in [-0.2, -0.15) is 0 Å². The first kappa shape index (κ1) is 16.6. The van der Waals surface area contributed by atoms with E-state index in [9.17, 15) is 9.90 Å². The summed E-state index contributed by atoms with van der Waals surface area (Å²) in [7, 11) is 2.16. The summed E-state index contributed by atoms with van der Waals surface area (Å²) in [6, 6.07) is 7.14. The van der Waals surface area contributed by atoms with Crippen molar-refractivity contribution in [3.63, 3.8) is 0 Å². The number of amides is 1. The van der Waals surface area contributed by atoms with Crippen LogP contribution in [-0.4, -0.2) is 53.2 Å². The van der Waals surface area contributed by atoms with E-state index in [0.29, 0.717) is 18.4 Å². The molecule has 25 heavy (non-hydrogen) atoms. The zero-order valence-electron chi connectivity index (χ0n) is 15.0. The maximum Gasteiger partial charge on any atom is 0.225 e. The van der Waals surface area contributed by atoms with Crippen molar-refractivity contribution in [2.24, 2.45) is 5.92 Å². The first-order chi connectivity index (χ1) is 12.1. The first-order valence-corrected chi connectivity index (χ1v) is 9.32. The number of aliphatic hydroxyl groups is 1. The van der Waals surface area contributed by atoms with Crippen LogP contribution in [0.15, 0.2) is 24.4 Å². The number of hydrogen-bond acceptors (Lipinski definition) is 3. The first-order valence-electron chi connectivity index (χ1n) is 9.32. The maximum atomic E-state index is 12.4. The molecule has 1 aliphatic carbocycles. The van der Waals surface area contributed by atoms with E-state index < -0.39 is 0 Å². The molecule has 4 unspecified atom stereocenters. The number of nitrogens with one attached hydrogen (secondary N) is 2. The molecule has 1 amide bonds. The molecule has 1 aromatic heterocycles. The predicted octanol–water partition coefficient (Wildman–Crippen LogP) is 2.02. The minimum Gasteiger partial charge on any atom is -0.396 e. The van der Waals surface area contributed by atoms with Crippen molar-refractivity contribution < 1.29 is 9.90 Å². The molecule has 134 valence electrons. The molecule has 1 fully saturated rings. The van der Waals surface area contributed by atoms with Gasteiger partial charge in [-0.05, 0) is 43.5 Å². The highest BCUT2D eigenvalue weighted by atomic mass is 16.3. The molecule has 1 aliphatic heterocycles. The van der Waals surface area contributed by atoms with Crippen molar-refractivity contribution in [2.45, 2.75) is 44.2 Å². The van der Waals surface area contributed by atoms with Crippen molar-refractivity contribution in [1.29, 1.82) is 0 Å². The zero-order valence-corrected chi connectivity index (χ0v) is 15.0. The van der Waals surface area contributed by atoms with Gasteiger partial charge in [-0.15, -0.1) is 0 Å². The largest absolute Gasteiger partial charge is 0.396 e. The number of aliphatic hydroxyl groups excluding tert-OH is 1. The third-order valence-electron chi connectivity index (χ3n) is 6.16. The number of aromatic nitrogens is 1. The number of rotatable bonds is 4. The smallest absolute Gasteiger partial charge is 0.225 e. The Bertz CT molecular complexity index is 780. The number of aromatic amines is 1. The molecule has 2 heterocycles. The molecule has 2 aromatic rings. The molecule has 1 saturated heterocycles. The summed E-state index contributed by atoms with van der Waals surface area (Å²) in [5.41, 5.74) is 4.03. The fourth-order valence-corrected chi connectivity index (χ4v) is 4.76. The van der Waals surface area contributed by atoms with Crippen LogP contribution in [0.4, 0.5) is 0 Å². The van der Waals surface area contributed by atoms with Crippen molar-refractivity contribution in [3.05, 3.63) is 35.5 Å². The van der Waals surface area contributed by atoms with Crippen LogP contribution >= 0.6 is 0 Å². The van der Waals surface area contributed by atoms with Crippen LogP contribution in [0, 0.1) is 5.92 Å². The standard InChI is InChI=1S/C20H27N3O2/c1-3-12(11-24)20(25)22-14-8-16-15-5-4-6-17-19(15)13(9-21-17)7-18(16)23(2)10-14/h4-6,9,12,14,16,18,21,24H,3,7-8,10-11H2,1-2H3,(H,22,25). The summed E-state index contributed by atoms with van der Waals surface area (Å²) in [5, 5.41) is 13.9. The van der Waals surface area contributed by atoms with Crippen LogP contribution < -0.4 is 5.32 Å². The Morgan fingerprint density at radius 2 is 2.32 bits per heavy atom. The van der Waals surface area contributed by atoms with Crippen molar-refractivity contribution >= 4 is 16.8 Å². The fraction of sp³-hybridized carbons (Fsp3) is 0.550. The van der Waals surface area contributed by atoms with E-state index in [-0.39, 0.29) is 24.5 Å². The van der Waals surface area contributed by atoms with E-state index in [0.717, 1.165) is 19.4 Å². The molecule has 0 saturated carbocycles. The Balaban J connectivity index is 1.60. The summed E-state index contributed by atoms with van der Waals surface area (Å²) >= 11 is 0. The lowest BCUT2D eigenvalue weighted by Gasteiger charge is -2.45. The van der Waals surface area contributed by atoms with Gasteiger partial charge in [-0.3, -0.25) is 4.79 Å². The number of likely N-dealkylation sites (tertiary alicyclic amines) is 1. The number of carbonyl (C=O) groups excluding carboxylic acids is 1. The SMILES string of the molecule is CCC(CO)C(=O)NC1CC2c3cccc4[nH]cc(c34)CC2N(C)C1. The number of carbonyl (C=O) groups is 1. The van der Waals surface area contributed by atoms with E-state index in [2.05, 4.69) is 46.6 Å². The van der Waals surface area contributed by atoms with Gasteiger partial charge in [-0.1, -0.05) is 19.1 Å². The number of fused-ring (bicyclic) bond motifs is 2. The molecule has 2 aliphatic rings. The highest BCUT2D eigenvalue weighted by molar-refractivity contribution is 5.88. The summed E-state index contributed by atoms with van der Waals surface area (Å²) in [6.07, 6.45) is 4.85. The molecule has 0 spiro atoms. The van der Waals surface area contributed by atoms with E-state index in [1.165, 1.54) is 22.0 Å². The van der Waals surface area contributed by atoms with Gasteiger partial charge < -0.3 is 20.3 Å². The highest BCUT2D eigenvalue weighted by Crippen LogP contribution is 2.42. The van der Waals surface area contributed by atoms with Gasteiger partial charge in [0, 0.05) is 41.6 Å². The fourth-order valence-electron chi connectivity index (χ4n) is 4.76. The van der Waals surface area contributed by atoms with Gasteiger partial charge in [0.25, 0.3) is 0 Å². The lowest BCUT2D eigenvalue weighted by Crippen LogP contribution is -2.55. The van der Waals surface area contributed by atoms with Crippen molar-refractivity contribution in [2.75, 3.05) is 20.2 Å². The van der Waals surface area contributed by atoms with Crippen molar-refractivity contribution in [3.8, 4) is 0 Å². The van der Waals surface area contributed by atoms with Gasteiger partial charge in [0.1, 0.15) is 0 Å². The second-order valence-corrected chi connectivity index (χ2v) is 7.63. The summed E-state index contributed by atoms with van der Waals surface area (Å²) in [4.78, 5) is 18.2. The van der Waals surface area contributed by atoms with Crippen LogP contribution in [0.1, 0.15) is 36.8 Å². The lowest BCUT2D eigenvalue weighted by molar-refractivity contribution is -0.127. The highest BCUT2D eigenvalue weighted by Gasteiger charge is 2.40. The van der Waals surface area contributed by atoms with Gasteiger partial charge in [0.15, 0.2) is 0 Å². The Morgan fingerprint density at radius 1 is 1.48 bits per heavy atom. The Hall–Kier alpha value is -1.85. The van der Waals surface area contributed by atoms with Gasteiger partial charge >= 0.3 is 0 Å². The van der Waals surface area contributed by atoms with Gasteiger partial charge in [0.05, 0.1) is 12.5 Å². The van der Waals surface area contributed by atoms with Crippen molar-refractivity contribution in [1.82, 2.24) is 15.2 Å². The van der Waals surface area contributed by atoms with Crippen LogP contribution in [0.2, 0.25) is 0 Å². The molecule has 5 nitrogen and oxygen atoms in total. The second-order valence-electron chi connectivity index (χ2n) is 7.63. The minimum atomic E-state index is -0.297. The third-order valence-corrected chi connectivity index (χ3v) is 6.16. The number of likely N-dealkylation sites (N-methyl/N-ethyl adjacent to an activating group) is 1. The Morgan fingerprint density at radius 3 is 3.08 bits per heavy atom. The molecule has 1 aromatic carbocycles. The van der Waals surface area contributed by atoms with Crippen LogP contribution in [0.3, 0.4) is 0 Å². The van der Waals surface area contributed by atoms with Crippen LogP contribution in [0.5, 0.6) is 0 Å². The van der Waals surface area contributed by atoms with Crippen LogP contribution in [0.25, 0.3) is 10.9 Å². The maximum absolute atomic E-state index is 12.4. The van der Waals surface area contributed by atoms with Gasteiger partial charge in [-0.25, -0.2) is 0 Å². The number of nitrogens with zero attached hydrogens (tertiary/aromatic N) is 1. The molecule has 4 atom stereocenters. The van der Waals surface area contributed by atoms with E-state index in [1.807, 2.05) is 6.92 Å². The molecular formula is C20H27N3O2. The number of H-pyrrole nitrogens is 1. The molecule has 0 bridgehead atoms. The Labute approximate surface area is 148 Å². The van der Waals surface area contributed by atoms with Gasteiger partial charge in [0.2, 0.25) is 5.91 Å². The van der Waals surface area contributed by atoms with E-state index in [1.54, 1.807) is 0 Å². The summed E-state index contributed by atoms with van der Waals surface area (Å²) in [5.74, 6) is 0.123. The molecular weight excluding hydrogens is 314 g/mol. The summed E-state index contributed by atoms with van der Waals surface area (Å²) < 4.78 is 0. The number of benzene rings is 1. The zero-order chi connectivity index (χ0) is 17.6. The quantitative estimate of drug-likeness (QED) is 0.797. The second kappa shape index (κ2) is 6.46. The van der Waals surface area contributed by atoms with E-state index in [4.69, 9.17) is 0 Å². The minimum absolute atomic E-state index is 0.0156. The Kier molecular flexibility index (Phi) is 4.29. The predicted molar refractivity (Wildman–Crippen MR) is 98.6 cm³/mol. The lowest BCUT2D eigenvalue weighted by atomic mass is 9.74. The molecule has 5 heteroatoms. The average Bonchev–Trinajstić information content (AvgIpc) is 3.02. The topological polar surface area (TPSA) is 68.4 Å². The third kappa shape index (κ3) is 2.75. The van der Waals surface area contributed by atoms with E-state index >= 15 is 0 Å². The molecule has 3 N–H and O–H groups in total. The normalized spacial score (nSPS) is 27.1. The monoisotopic (exact) mass is 341 g/mol. The molecule has 0 radical (unpaired) electrons. The van der Waals surface area contributed by atoms with Crippen LogP contribution in [-0.2, 0) is 11.2 Å².